The molecule has 8 nitrogen and oxygen atoms in total. The number of urea groups is 1. The molecule has 1 saturated heterocycles. The molecule has 1 heterocycles. The fourth-order valence-electron chi connectivity index (χ4n) is 3.98. The highest BCUT2D eigenvalue weighted by Crippen LogP contribution is 2.38. The van der Waals surface area contributed by atoms with Gasteiger partial charge in [-0.2, -0.15) is 0 Å². The zero-order valence-corrected chi connectivity index (χ0v) is 16.8. The predicted octanol–water partition coefficient (Wildman–Crippen LogP) is 1.74. The molecule has 1 aromatic rings. The Labute approximate surface area is 170 Å². The van der Waals surface area contributed by atoms with Crippen molar-refractivity contribution in [3.05, 3.63) is 35.9 Å². The van der Waals surface area contributed by atoms with Gasteiger partial charge in [-0.3, -0.25) is 19.3 Å². The van der Waals surface area contributed by atoms with E-state index in [2.05, 4.69) is 10.6 Å². The van der Waals surface area contributed by atoms with Gasteiger partial charge in [0.05, 0.1) is 0 Å². The summed E-state index contributed by atoms with van der Waals surface area (Å²) in [7, 11) is 0. The highest BCUT2D eigenvalue weighted by Gasteiger charge is 2.55. The van der Waals surface area contributed by atoms with Crippen LogP contribution in [0.2, 0.25) is 0 Å². The molecule has 156 valence electrons. The van der Waals surface area contributed by atoms with Gasteiger partial charge in [-0.25, -0.2) is 4.79 Å². The zero-order valence-electron chi connectivity index (χ0n) is 16.8. The van der Waals surface area contributed by atoms with Crippen LogP contribution in [0.25, 0.3) is 0 Å². The summed E-state index contributed by atoms with van der Waals surface area (Å²) in [5.41, 5.74) is -0.000472. The second kappa shape index (κ2) is 8.63. The third-order valence-electron chi connectivity index (χ3n) is 5.78. The number of carbonyl (C=O) groups excluding carboxylic acids is 4. The molecular formula is C21H27N3O5. The summed E-state index contributed by atoms with van der Waals surface area (Å²) in [5, 5.41) is 5.48. The van der Waals surface area contributed by atoms with Crippen molar-refractivity contribution in [3.63, 3.8) is 0 Å². The molecule has 1 aliphatic heterocycles. The lowest BCUT2D eigenvalue weighted by molar-refractivity contribution is -0.157. The Morgan fingerprint density at radius 1 is 1.28 bits per heavy atom. The molecule has 2 aliphatic rings. The minimum absolute atomic E-state index is 0.0106. The molecular weight excluding hydrogens is 374 g/mol. The van der Waals surface area contributed by atoms with Crippen LogP contribution in [0.1, 0.15) is 45.1 Å². The molecule has 2 fully saturated rings. The summed E-state index contributed by atoms with van der Waals surface area (Å²) in [6, 6.07) is 8.77. The van der Waals surface area contributed by atoms with Gasteiger partial charge >= 0.3 is 12.0 Å². The van der Waals surface area contributed by atoms with Crippen molar-refractivity contribution in [1.29, 1.82) is 0 Å². The number of benzene rings is 1. The van der Waals surface area contributed by atoms with E-state index >= 15 is 0 Å². The molecule has 1 saturated carbocycles. The Balaban J connectivity index is 1.52. The van der Waals surface area contributed by atoms with Crippen LogP contribution in [0.5, 0.6) is 0 Å². The molecule has 8 heteroatoms. The smallest absolute Gasteiger partial charge is 0.327 e. The van der Waals surface area contributed by atoms with Crippen molar-refractivity contribution in [1.82, 2.24) is 15.5 Å². The number of nitrogens with zero attached hydrogens (tertiary/aromatic N) is 1. The molecule has 3 rings (SSSR count). The number of hydrogen-bond acceptors (Lipinski definition) is 5. The molecule has 29 heavy (non-hydrogen) atoms. The summed E-state index contributed by atoms with van der Waals surface area (Å²) in [6.45, 7) is 3.21. The van der Waals surface area contributed by atoms with Crippen molar-refractivity contribution < 1.29 is 23.9 Å². The van der Waals surface area contributed by atoms with Crippen LogP contribution in [0.4, 0.5) is 4.79 Å². The van der Waals surface area contributed by atoms with Gasteiger partial charge in [-0.1, -0.05) is 50.1 Å². The van der Waals surface area contributed by atoms with Gasteiger partial charge in [0.1, 0.15) is 12.1 Å². The molecule has 2 N–H and O–H groups in total. The Kier molecular flexibility index (Phi) is 6.20. The van der Waals surface area contributed by atoms with Gasteiger partial charge in [-0.15, -0.1) is 0 Å². The van der Waals surface area contributed by atoms with E-state index in [4.69, 9.17) is 4.74 Å². The molecule has 4 amide bonds. The van der Waals surface area contributed by atoms with Crippen molar-refractivity contribution in [3.8, 4) is 0 Å². The average Bonchev–Trinajstić information content (AvgIpc) is 2.94. The number of hydrogen-bond donors (Lipinski definition) is 2. The number of ether oxygens (including phenoxy) is 1. The van der Waals surface area contributed by atoms with E-state index < -0.39 is 36.1 Å². The first-order valence-corrected chi connectivity index (χ1v) is 9.98. The van der Waals surface area contributed by atoms with E-state index in [1.54, 1.807) is 0 Å². The minimum Gasteiger partial charge on any atom is -0.451 e. The van der Waals surface area contributed by atoms with Crippen LogP contribution in [-0.2, 0) is 25.7 Å². The Hall–Kier alpha value is -2.90. The number of esters is 1. The van der Waals surface area contributed by atoms with E-state index in [1.165, 1.54) is 6.92 Å². The standard InChI is InChI=1S/C21H27N3O5/c1-14-8-6-7-11-21(14)19(27)24(20(28)23-21)13-17(25)29-15(2)18(26)22-12-16-9-4-3-5-10-16/h3-5,9-10,14-15H,6-8,11-13H2,1-2H3,(H,22,26)(H,23,28)/t14-,15+,21-/m1/s1. The van der Waals surface area contributed by atoms with Crippen LogP contribution >= 0.6 is 0 Å². The highest BCUT2D eigenvalue weighted by molar-refractivity contribution is 6.09. The topological polar surface area (TPSA) is 105 Å². The number of nitrogens with one attached hydrogen (secondary N) is 2. The fraction of sp³-hybridized carbons (Fsp3) is 0.524. The van der Waals surface area contributed by atoms with Crippen LogP contribution < -0.4 is 10.6 Å². The summed E-state index contributed by atoms with van der Waals surface area (Å²) >= 11 is 0. The maximum Gasteiger partial charge on any atom is 0.327 e. The Morgan fingerprint density at radius 3 is 2.69 bits per heavy atom. The Bertz CT molecular complexity index is 797. The summed E-state index contributed by atoms with van der Waals surface area (Å²) in [4.78, 5) is 50.5. The van der Waals surface area contributed by atoms with Gasteiger partial charge < -0.3 is 15.4 Å². The van der Waals surface area contributed by atoms with Crippen LogP contribution in [0.15, 0.2) is 30.3 Å². The van der Waals surface area contributed by atoms with Crippen LogP contribution in [-0.4, -0.2) is 46.9 Å². The van der Waals surface area contributed by atoms with Crippen molar-refractivity contribution in [2.24, 2.45) is 5.92 Å². The molecule has 0 unspecified atom stereocenters. The molecule has 0 aromatic heterocycles. The lowest BCUT2D eigenvalue weighted by Crippen LogP contribution is -2.54. The van der Waals surface area contributed by atoms with E-state index in [-0.39, 0.29) is 11.8 Å². The molecule has 1 aromatic carbocycles. The SMILES string of the molecule is C[C@H](OC(=O)CN1C(=O)N[C@@]2(CCCC[C@H]2C)C1=O)C(=O)NCc1ccccc1. The summed E-state index contributed by atoms with van der Waals surface area (Å²) in [6.07, 6.45) is 2.26. The van der Waals surface area contributed by atoms with Gasteiger partial charge in [0, 0.05) is 6.54 Å². The number of rotatable bonds is 6. The lowest BCUT2D eigenvalue weighted by Gasteiger charge is -2.36. The second-order valence-electron chi connectivity index (χ2n) is 7.78. The first-order valence-electron chi connectivity index (χ1n) is 9.98. The van der Waals surface area contributed by atoms with Gasteiger partial charge in [0.2, 0.25) is 0 Å². The maximum absolute atomic E-state index is 12.9. The number of carbonyl (C=O) groups is 4. The van der Waals surface area contributed by atoms with Crippen LogP contribution in [0, 0.1) is 5.92 Å². The molecule has 1 aliphatic carbocycles. The minimum atomic E-state index is -1.03. The van der Waals surface area contributed by atoms with E-state index in [9.17, 15) is 19.2 Å². The van der Waals surface area contributed by atoms with E-state index in [0.717, 1.165) is 29.7 Å². The predicted molar refractivity (Wildman–Crippen MR) is 104 cm³/mol. The van der Waals surface area contributed by atoms with Crippen molar-refractivity contribution in [2.45, 2.75) is 57.7 Å². The Morgan fingerprint density at radius 2 is 2.00 bits per heavy atom. The van der Waals surface area contributed by atoms with Gasteiger partial charge in [-0.05, 0) is 31.2 Å². The summed E-state index contributed by atoms with van der Waals surface area (Å²) < 4.78 is 5.14. The monoisotopic (exact) mass is 401 g/mol. The molecule has 3 atom stereocenters. The van der Waals surface area contributed by atoms with Gasteiger partial charge in [0.25, 0.3) is 11.8 Å². The van der Waals surface area contributed by atoms with E-state index in [1.807, 2.05) is 37.3 Å². The first kappa shape index (κ1) is 20.8. The summed E-state index contributed by atoms with van der Waals surface area (Å²) in [5.74, 6) is -1.61. The zero-order chi connectivity index (χ0) is 21.0. The van der Waals surface area contributed by atoms with Crippen LogP contribution in [0.3, 0.4) is 0 Å². The highest BCUT2D eigenvalue weighted by atomic mass is 16.5. The molecule has 0 bridgehead atoms. The normalized spacial score (nSPS) is 24.9. The first-order chi connectivity index (χ1) is 13.8. The van der Waals surface area contributed by atoms with E-state index in [0.29, 0.717) is 13.0 Å². The quantitative estimate of drug-likeness (QED) is 0.558. The number of amides is 4. The average molecular weight is 401 g/mol. The fourth-order valence-corrected chi connectivity index (χ4v) is 3.98. The van der Waals surface area contributed by atoms with Crippen molar-refractivity contribution >= 4 is 23.8 Å². The third-order valence-corrected chi connectivity index (χ3v) is 5.78. The molecule has 0 radical (unpaired) electrons. The largest absolute Gasteiger partial charge is 0.451 e. The third kappa shape index (κ3) is 4.41. The molecule has 1 spiro atoms. The van der Waals surface area contributed by atoms with Gasteiger partial charge in [0.15, 0.2) is 6.10 Å². The maximum atomic E-state index is 12.9. The number of imide groups is 1. The lowest BCUT2D eigenvalue weighted by atomic mass is 9.73. The second-order valence-corrected chi connectivity index (χ2v) is 7.78. The van der Waals surface area contributed by atoms with Crippen molar-refractivity contribution in [2.75, 3.05) is 6.54 Å².